The number of cyclic esters (lactones) is 1. The number of ether oxygens (including phenoxy) is 1. The smallest absolute Gasteiger partial charge is 0.321 e. The van der Waals surface area contributed by atoms with E-state index in [0.717, 1.165) is 6.26 Å². The van der Waals surface area contributed by atoms with Gasteiger partial charge in [0, 0.05) is 11.3 Å². The second-order valence-corrected chi connectivity index (χ2v) is 6.39. The molecule has 5 nitrogen and oxygen atoms in total. The number of carbonyl (C=O) groups excluding carboxylic acids is 2. The zero-order valence-corrected chi connectivity index (χ0v) is 10.9. The third-order valence-electron chi connectivity index (χ3n) is 2.63. The molecule has 1 saturated heterocycles. The van der Waals surface area contributed by atoms with Crippen LogP contribution in [-0.2, 0) is 24.2 Å². The van der Waals surface area contributed by atoms with Crippen LogP contribution < -0.4 is 0 Å². The van der Waals surface area contributed by atoms with Gasteiger partial charge in [-0.1, -0.05) is 17.7 Å². The first-order valence-electron chi connectivity index (χ1n) is 4.99. The molecular formula is C11H9ClO5S. The van der Waals surface area contributed by atoms with E-state index < -0.39 is 21.7 Å². The van der Waals surface area contributed by atoms with Gasteiger partial charge in [0.2, 0.25) is 0 Å². The summed E-state index contributed by atoms with van der Waals surface area (Å²) >= 11 is 5.92. The summed E-state index contributed by atoms with van der Waals surface area (Å²) in [5.74, 6) is -2.09. The maximum Gasteiger partial charge on any atom is 0.321 e. The second kappa shape index (κ2) is 4.37. The quantitative estimate of drug-likeness (QED) is 0.598. The predicted octanol–water partition coefficient (Wildman–Crippen LogP) is 0.953. The fraction of sp³-hybridized carbons (Fsp3) is 0.273. The fourth-order valence-corrected chi connectivity index (χ4v) is 2.71. The SMILES string of the molecule is CS(=O)(=O)c1ccc(C2C(=O)COC2=O)c(Cl)c1. The molecule has 18 heavy (non-hydrogen) atoms. The molecule has 0 radical (unpaired) electrons. The summed E-state index contributed by atoms with van der Waals surface area (Å²) in [4.78, 5) is 22.9. The van der Waals surface area contributed by atoms with Gasteiger partial charge < -0.3 is 4.74 Å². The average molecular weight is 289 g/mol. The summed E-state index contributed by atoms with van der Waals surface area (Å²) in [6.07, 6.45) is 1.05. The number of esters is 1. The van der Waals surface area contributed by atoms with Gasteiger partial charge in [-0.05, 0) is 17.7 Å². The summed E-state index contributed by atoms with van der Waals surface area (Å²) in [5, 5.41) is 0.0649. The Hall–Kier alpha value is -1.40. The molecule has 1 atom stereocenters. The van der Waals surface area contributed by atoms with E-state index in [0.29, 0.717) is 0 Å². The largest absolute Gasteiger partial charge is 0.457 e. The second-order valence-electron chi connectivity index (χ2n) is 3.96. The molecule has 0 aromatic heterocycles. The van der Waals surface area contributed by atoms with E-state index in [1.165, 1.54) is 18.2 Å². The van der Waals surface area contributed by atoms with Gasteiger partial charge >= 0.3 is 5.97 Å². The number of sulfone groups is 1. The summed E-state index contributed by atoms with van der Waals surface area (Å²) in [7, 11) is -3.38. The third kappa shape index (κ3) is 2.26. The van der Waals surface area contributed by atoms with E-state index in [4.69, 9.17) is 11.6 Å². The third-order valence-corrected chi connectivity index (χ3v) is 4.06. The van der Waals surface area contributed by atoms with Gasteiger partial charge in [0.25, 0.3) is 0 Å². The molecule has 2 rings (SSSR count). The lowest BCUT2D eigenvalue weighted by atomic mass is 9.97. The fourth-order valence-electron chi connectivity index (χ4n) is 1.71. The van der Waals surface area contributed by atoms with Gasteiger partial charge in [-0.15, -0.1) is 0 Å². The lowest BCUT2D eigenvalue weighted by Gasteiger charge is -2.08. The minimum absolute atomic E-state index is 0.0371. The highest BCUT2D eigenvalue weighted by Crippen LogP contribution is 2.31. The van der Waals surface area contributed by atoms with Gasteiger partial charge in [-0.3, -0.25) is 9.59 Å². The molecular weight excluding hydrogens is 280 g/mol. The van der Waals surface area contributed by atoms with Crippen molar-refractivity contribution in [2.45, 2.75) is 10.8 Å². The van der Waals surface area contributed by atoms with Gasteiger partial charge in [-0.25, -0.2) is 8.42 Å². The Labute approximate surface area is 109 Å². The van der Waals surface area contributed by atoms with Crippen LogP contribution in [0.25, 0.3) is 0 Å². The number of hydrogen-bond acceptors (Lipinski definition) is 5. The van der Waals surface area contributed by atoms with E-state index in [9.17, 15) is 18.0 Å². The van der Waals surface area contributed by atoms with E-state index in [2.05, 4.69) is 4.74 Å². The van der Waals surface area contributed by atoms with Gasteiger partial charge in [0.1, 0.15) is 5.92 Å². The number of hydrogen-bond donors (Lipinski definition) is 0. The highest BCUT2D eigenvalue weighted by atomic mass is 35.5. The predicted molar refractivity (Wildman–Crippen MR) is 63.3 cm³/mol. The van der Waals surface area contributed by atoms with Crippen LogP contribution in [0.15, 0.2) is 23.1 Å². The minimum atomic E-state index is -3.38. The Kier molecular flexibility index (Phi) is 3.16. The minimum Gasteiger partial charge on any atom is -0.457 e. The molecule has 1 fully saturated rings. The summed E-state index contributed by atoms with van der Waals surface area (Å²) in [5.41, 5.74) is 0.275. The highest BCUT2D eigenvalue weighted by Gasteiger charge is 2.37. The molecule has 0 spiro atoms. The maximum atomic E-state index is 11.5. The molecule has 0 saturated carbocycles. The van der Waals surface area contributed by atoms with Crippen LogP contribution in [0.5, 0.6) is 0 Å². The monoisotopic (exact) mass is 288 g/mol. The van der Waals surface area contributed by atoms with Crippen LogP contribution in [-0.4, -0.2) is 33.0 Å². The highest BCUT2D eigenvalue weighted by molar-refractivity contribution is 7.90. The van der Waals surface area contributed by atoms with Crippen molar-refractivity contribution in [1.29, 1.82) is 0 Å². The van der Waals surface area contributed by atoms with Gasteiger partial charge in [-0.2, -0.15) is 0 Å². The molecule has 7 heteroatoms. The van der Waals surface area contributed by atoms with Crippen LogP contribution in [0, 0.1) is 0 Å². The molecule has 0 aliphatic carbocycles. The number of rotatable bonds is 2. The molecule has 96 valence electrons. The van der Waals surface area contributed by atoms with Crippen molar-refractivity contribution >= 4 is 33.2 Å². The molecule has 1 heterocycles. The molecule has 1 aromatic carbocycles. The van der Waals surface area contributed by atoms with Gasteiger partial charge in [0.05, 0.1) is 4.90 Å². The molecule has 0 amide bonds. The standard InChI is InChI=1S/C11H9ClO5S/c1-18(15,16)6-2-3-7(8(12)4-6)10-9(13)5-17-11(10)14/h2-4,10H,5H2,1H3. The van der Waals surface area contributed by atoms with Crippen molar-refractivity contribution in [3.05, 3.63) is 28.8 Å². The van der Waals surface area contributed by atoms with E-state index in [1.54, 1.807) is 0 Å². The van der Waals surface area contributed by atoms with E-state index in [1.807, 2.05) is 0 Å². The zero-order chi connectivity index (χ0) is 13.5. The number of Topliss-reactive ketones (excluding diaryl/α,β-unsaturated/α-hetero) is 1. The lowest BCUT2D eigenvalue weighted by Crippen LogP contribution is -2.14. The summed E-state index contributed by atoms with van der Waals surface area (Å²) < 4.78 is 27.3. The van der Waals surface area contributed by atoms with Crippen molar-refractivity contribution in [2.24, 2.45) is 0 Å². The van der Waals surface area contributed by atoms with Crippen molar-refractivity contribution in [2.75, 3.05) is 12.9 Å². The average Bonchev–Trinajstić information content (AvgIpc) is 2.58. The van der Waals surface area contributed by atoms with Crippen molar-refractivity contribution in [3.63, 3.8) is 0 Å². The Morgan fingerprint density at radius 1 is 1.33 bits per heavy atom. The summed E-state index contributed by atoms with van der Waals surface area (Å²) in [6, 6.07) is 3.91. The first-order valence-corrected chi connectivity index (χ1v) is 7.26. The zero-order valence-electron chi connectivity index (χ0n) is 9.34. The molecule has 1 aliphatic rings. The van der Waals surface area contributed by atoms with E-state index >= 15 is 0 Å². The number of ketones is 1. The molecule has 0 bridgehead atoms. The lowest BCUT2D eigenvalue weighted by molar-refractivity contribution is -0.139. The first kappa shape index (κ1) is 13.0. The van der Waals surface area contributed by atoms with Crippen LogP contribution in [0.4, 0.5) is 0 Å². The van der Waals surface area contributed by atoms with E-state index in [-0.39, 0.29) is 27.9 Å². The number of benzene rings is 1. The molecule has 1 aliphatic heterocycles. The van der Waals surface area contributed by atoms with Crippen LogP contribution in [0.1, 0.15) is 11.5 Å². The van der Waals surface area contributed by atoms with Gasteiger partial charge in [0.15, 0.2) is 22.2 Å². The van der Waals surface area contributed by atoms with Crippen LogP contribution in [0.2, 0.25) is 5.02 Å². The molecule has 0 N–H and O–H groups in total. The Morgan fingerprint density at radius 2 is 2.00 bits per heavy atom. The van der Waals surface area contributed by atoms with Crippen molar-refractivity contribution < 1.29 is 22.7 Å². The Morgan fingerprint density at radius 3 is 2.44 bits per heavy atom. The molecule has 1 aromatic rings. The molecule has 1 unspecified atom stereocenters. The topological polar surface area (TPSA) is 77.5 Å². The Balaban J connectivity index is 2.48. The normalized spacial score (nSPS) is 20.0. The van der Waals surface area contributed by atoms with Crippen LogP contribution >= 0.6 is 11.6 Å². The Bertz CT molecular complexity index is 619. The summed E-state index contributed by atoms with van der Waals surface area (Å²) in [6.45, 7) is -0.270. The van der Waals surface area contributed by atoms with Crippen LogP contribution in [0.3, 0.4) is 0 Å². The number of carbonyl (C=O) groups is 2. The number of halogens is 1. The first-order chi connectivity index (χ1) is 8.30. The van der Waals surface area contributed by atoms with Crippen molar-refractivity contribution in [1.82, 2.24) is 0 Å². The van der Waals surface area contributed by atoms with Crippen molar-refractivity contribution in [3.8, 4) is 0 Å². The maximum absolute atomic E-state index is 11.5.